The van der Waals surface area contributed by atoms with Crippen molar-refractivity contribution in [2.24, 2.45) is 17.8 Å². The van der Waals surface area contributed by atoms with Crippen LogP contribution in [0.25, 0.3) is 32.7 Å². The number of nitrogens with zero attached hydrogens (tertiary/aromatic N) is 5. The Kier molecular flexibility index (Phi) is 16.8. The largest absolute Gasteiger partial charge is 0.313 e. The summed E-state index contributed by atoms with van der Waals surface area (Å²) in [6, 6.07) is 28.4. The highest BCUT2D eigenvalue weighted by Gasteiger charge is 2.23. The zero-order valence-corrected chi connectivity index (χ0v) is 40.9. The lowest BCUT2D eigenvalue weighted by molar-refractivity contribution is 0.602. The molecule has 5 aromatic carbocycles. The van der Waals surface area contributed by atoms with Crippen LogP contribution in [0.1, 0.15) is 55.2 Å². The van der Waals surface area contributed by atoms with Crippen LogP contribution in [-0.2, 0) is 13.1 Å². The first-order valence-electron chi connectivity index (χ1n) is 21.3. The van der Waals surface area contributed by atoms with Crippen LogP contribution in [0.2, 0.25) is 0 Å². The van der Waals surface area contributed by atoms with Crippen molar-refractivity contribution in [2.45, 2.75) is 51.6 Å². The third kappa shape index (κ3) is 14.3. The van der Waals surface area contributed by atoms with E-state index in [4.69, 9.17) is 6.42 Å². The number of aromatic amines is 1. The summed E-state index contributed by atoms with van der Waals surface area (Å²) in [5.74, 6) is 10.1. The summed E-state index contributed by atoms with van der Waals surface area (Å²) in [6.07, 6.45) is 17.6. The molecule has 3 fully saturated rings. The molecule has 11 rings (SSSR count). The number of terminal acetylenes is 1. The molecule has 3 aliphatic carbocycles. The highest BCUT2D eigenvalue weighted by atomic mass is 127. The summed E-state index contributed by atoms with van der Waals surface area (Å²) in [4.78, 5) is 51.0. The number of hydrogen-bond donors (Lipinski definition) is 1. The Morgan fingerprint density at radius 1 is 0.606 bits per heavy atom. The molecule has 0 unspecified atom stereocenters. The first-order valence-corrected chi connectivity index (χ1v) is 24.4. The zero-order chi connectivity index (χ0) is 46.6. The second-order valence-electron chi connectivity index (χ2n) is 16.1. The van der Waals surface area contributed by atoms with Crippen molar-refractivity contribution < 1.29 is 8.78 Å². The molecule has 0 atom stereocenters. The first-order chi connectivity index (χ1) is 32.0. The SMILES string of the molecule is C#Cc1cccc(F)c1.ICC1CC1.O=c1[nH]cnc2cc(Br)ccc12.O=c1c2ccc(Br)cc2ncn1CC1CC1.O=c1c2ccc(C#Cc3cccc(F)c3)cc2ncn1CC1CC1. The molecule has 3 saturated carbocycles. The normalized spacial score (nSPS) is 13.5. The van der Waals surface area contributed by atoms with Crippen LogP contribution >= 0.6 is 54.5 Å². The Morgan fingerprint density at radius 2 is 1.08 bits per heavy atom. The Balaban J connectivity index is 0.000000134. The van der Waals surface area contributed by atoms with Crippen LogP contribution in [0.4, 0.5) is 8.78 Å². The molecule has 0 spiro atoms. The van der Waals surface area contributed by atoms with Gasteiger partial charge >= 0.3 is 0 Å². The minimum atomic E-state index is -0.307. The van der Waals surface area contributed by atoms with E-state index in [1.54, 1.807) is 70.3 Å². The van der Waals surface area contributed by atoms with Gasteiger partial charge in [0.2, 0.25) is 0 Å². The van der Waals surface area contributed by atoms with Gasteiger partial charge < -0.3 is 4.98 Å². The fourth-order valence-corrected chi connectivity index (χ4v) is 7.97. The molecule has 66 heavy (non-hydrogen) atoms. The minimum Gasteiger partial charge on any atom is -0.313 e. The van der Waals surface area contributed by atoms with Crippen molar-refractivity contribution in [3.05, 3.63) is 190 Å². The van der Waals surface area contributed by atoms with Gasteiger partial charge in [0.25, 0.3) is 16.7 Å². The number of nitrogens with one attached hydrogen (secondary N) is 1. The molecule has 1 N–H and O–H groups in total. The molecule has 9 nitrogen and oxygen atoms in total. The quantitative estimate of drug-likeness (QED) is 0.104. The van der Waals surface area contributed by atoms with E-state index >= 15 is 0 Å². The number of halogens is 5. The molecule has 0 radical (unpaired) electrons. The molecular formula is C52H43Br2F2IN6O3. The number of fused-ring (bicyclic) bond motifs is 3. The smallest absolute Gasteiger partial charge is 0.261 e. The van der Waals surface area contributed by atoms with Crippen LogP contribution in [-0.4, -0.2) is 33.5 Å². The van der Waals surface area contributed by atoms with E-state index in [2.05, 4.69) is 92.1 Å². The number of aromatic nitrogens is 6. The maximum absolute atomic E-state index is 13.2. The standard InChI is InChI=1S/C20H15FN2O.C12H11BrN2O.C8H5BrN2O.C8H5F.C4H7I/c21-17-3-1-2-14(10-17)4-5-15-8-9-18-19(11-15)22-13-23(20(18)24)12-16-6-7-16;13-9-3-4-10-11(5-9)14-7-15(12(10)16)6-8-1-2-8;9-5-1-2-6-7(3-5)10-4-11-8(6)12;1-2-7-4-3-5-8(9)6-7;5-3-4-1-2-4/h1-3,8-11,13,16H,6-7,12H2;3-5,7-8H,1-2,6H2;1-4H,(H,10,11,12);1,3-6H;4H,1-3H2. The van der Waals surface area contributed by atoms with Gasteiger partial charge in [-0.1, -0.05) is 84.3 Å². The maximum Gasteiger partial charge on any atom is 0.261 e. The maximum atomic E-state index is 13.2. The number of H-pyrrole nitrogens is 1. The molecular weight excluding hydrogens is 1080 g/mol. The summed E-state index contributed by atoms with van der Waals surface area (Å²) in [5, 5.41) is 1.92. The van der Waals surface area contributed by atoms with Gasteiger partial charge in [-0.05, 0) is 147 Å². The Morgan fingerprint density at radius 3 is 1.56 bits per heavy atom. The van der Waals surface area contributed by atoms with Crippen molar-refractivity contribution in [1.82, 2.24) is 29.1 Å². The van der Waals surface area contributed by atoms with E-state index in [1.807, 2.05) is 30.3 Å². The molecule has 14 heteroatoms. The van der Waals surface area contributed by atoms with Crippen LogP contribution in [0.15, 0.2) is 145 Å². The van der Waals surface area contributed by atoms with Crippen LogP contribution in [0, 0.1) is 53.6 Å². The summed E-state index contributed by atoms with van der Waals surface area (Å²) in [7, 11) is 0. The summed E-state index contributed by atoms with van der Waals surface area (Å²) in [6.45, 7) is 1.57. The topological polar surface area (TPSA) is 116 Å². The van der Waals surface area contributed by atoms with E-state index in [1.165, 1.54) is 73.5 Å². The molecule has 0 bridgehead atoms. The van der Waals surface area contributed by atoms with Gasteiger partial charge in [0.15, 0.2) is 0 Å². The molecule has 334 valence electrons. The van der Waals surface area contributed by atoms with Gasteiger partial charge in [-0.25, -0.2) is 23.7 Å². The van der Waals surface area contributed by atoms with Gasteiger partial charge in [-0.2, -0.15) is 0 Å². The third-order valence-corrected chi connectivity index (χ3v) is 12.8. The van der Waals surface area contributed by atoms with Crippen LogP contribution in [0.3, 0.4) is 0 Å². The minimum absolute atomic E-state index is 0.00320. The fraction of sp³-hybridized carbons (Fsp3) is 0.231. The van der Waals surface area contributed by atoms with E-state index in [0.29, 0.717) is 50.2 Å². The van der Waals surface area contributed by atoms with Crippen molar-refractivity contribution >= 4 is 87.2 Å². The van der Waals surface area contributed by atoms with E-state index in [9.17, 15) is 23.2 Å². The van der Waals surface area contributed by atoms with Gasteiger partial charge in [0.05, 0.1) is 51.7 Å². The fourth-order valence-electron chi connectivity index (χ4n) is 6.39. The average molecular weight is 1120 g/mol. The second-order valence-corrected chi connectivity index (χ2v) is 18.8. The second kappa shape index (κ2) is 23.1. The summed E-state index contributed by atoms with van der Waals surface area (Å²) < 4.78 is 32.1. The monoisotopic (exact) mass is 1120 g/mol. The van der Waals surface area contributed by atoms with Crippen LogP contribution in [0.5, 0.6) is 0 Å². The number of rotatable bonds is 5. The van der Waals surface area contributed by atoms with Crippen molar-refractivity contribution in [3.8, 4) is 24.2 Å². The van der Waals surface area contributed by atoms with Gasteiger partial charge in [0, 0.05) is 43.2 Å². The van der Waals surface area contributed by atoms with Crippen LogP contribution < -0.4 is 16.7 Å². The van der Waals surface area contributed by atoms with Gasteiger partial charge in [0.1, 0.15) is 11.6 Å². The molecule has 0 saturated heterocycles. The first kappa shape index (κ1) is 48.1. The highest BCUT2D eigenvalue weighted by molar-refractivity contribution is 14.1. The Hall–Kier alpha value is -5.81. The predicted octanol–water partition coefficient (Wildman–Crippen LogP) is 11.2. The number of alkyl halides is 1. The third-order valence-electron chi connectivity index (χ3n) is 10.6. The van der Waals surface area contributed by atoms with Crippen molar-refractivity contribution in [3.63, 3.8) is 0 Å². The van der Waals surface area contributed by atoms with Crippen molar-refractivity contribution in [1.29, 1.82) is 0 Å². The summed E-state index contributed by atoms with van der Waals surface area (Å²) in [5.41, 5.74) is 4.00. The molecule has 0 aliphatic heterocycles. The number of benzene rings is 5. The average Bonchev–Trinajstić information content (AvgIpc) is 4.16. The molecule has 3 aliphatic rings. The Labute approximate surface area is 410 Å². The molecule has 3 aromatic heterocycles. The molecule has 0 amide bonds. The zero-order valence-electron chi connectivity index (χ0n) is 35.6. The lowest BCUT2D eigenvalue weighted by Crippen LogP contribution is -2.21. The summed E-state index contributed by atoms with van der Waals surface area (Å²) >= 11 is 9.12. The van der Waals surface area contributed by atoms with Gasteiger partial charge in [-0.3, -0.25) is 23.5 Å². The lowest BCUT2D eigenvalue weighted by Gasteiger charge is -2.05. The number of hydrogen-bond acceptors (Lipinski definition) is 6. The highest BCUT2D eigenvalue weighted by Crippen LogP contribution is 2.31. The predicted molar refractivity (Wildman–Crippen MR) is 274 cm³/mol. The van der Waals surface area contributed by atoms with E-state index in [0.717, 1.165) is 39.0 Å². The Bertz CT molecular complexity index is 3290. The molecule has 3 heterocycles. The van der Waals surface area contributed by atoms with E-state index in [-0.39, 0.29) is 28.3 Å². The molecule has 8 aromatic rings. The van der Waals surface area contributed by atoms with Crippen molar-refractivity contribution in [2.75, 3.05) is 4.43 Å². The lowest BCUT2D eigenvalue weighted by atomic mass is 10.1. The van der Waals surface area contributed by atoms with E-state index < -0.39 is 0 Å². The van der Waals surface area contributed by atoms with Gasteiger partial charge in [-0.15, -0.1) is 6.42 Å².